The van der Waals surface area contributed by atoms with Gasteiger partial charge in [-0.15, -0.1) is 0 Å². The smallest absolute Gasteiger partial charge is 0.250 e. The van der Waals surface area contributed by atoms with E-state index in [1.807, 2.05) is 6.07 Å². The Bertz CT molecular complexity index is 424. The van der Waals surface area contributed by atoms with Gasteiger partial charge in [0, 0.05) is 25.4 Å². The molecule has 1 aliphatic rings. The lowest BCUT2D eigenvalue weighted by atomic mass is 10.2. The first-order valence-corrected chi connectivity index (χ1v) is 6.13. The van der Waals surface area contributed by atoms with E-state index in [2.05, 4.69) is 27.1 Å². The molecule has 6 nitrogen and oxygen atoms in total. The summed E-state index contributed by atoms with van der Waals surface area (Å²) in [5, 5.41) is 2.61. The SMILES string of the molecule is CCc1cc(N2CCOC(C(=O)NC)C2)ncn1. The van der Waals surface area contributed by atoms with E-state index >= 15 is 0 Å². The second-order valence-electron chi connectivity index (χ2n) is 4.14. The molecule has 0 saturated carbocycles. The molecule has 0 spiro atoms. The second kappa shape index (κ2) is 5.77. The summed E-state index contributed by atoms with van der Waals surface area (Å²) in [6.07, 6.45) is 2.01. The molecule has 2 rings (SSSR count). The molecule has 98 valence electrons. The van der Waals surface area contributed by atoms with Crippen LogP contribution < -0.4 is 10.2 Å². The van der Waals surface area contributed by atoms with Gasteiger partial charge in [0.2, 0.25) is 0 Å². The fourth-order valence-electron chi connectivity index (χ4n) is 1.93. The fourth-order valence-corrected chi connectivity index (χ4v) is 1.93. The third-order valence-corrected chi connectivity index (χ3v) is 3.00. The minimum atomic E-state index is -0.427. The van der Waals surface area contributed by atoms with Gasteiger partial charge in [-0.05, 0) is 6.42 Å². The molecule has 6 heteroatoms. The summed E-state index contributed by atoms with van der Waals surface area (Å²) < 4.78 is 5.44. The van der Waals surface area contributed by atoms with Crippen molar-refractivity contribution in [2.24, 2.45) is 0 Å². The molecule has 1 saturated heterocycles. The highest BCUT2D eigenvalue weighted by Crippen LogP contribution is 2.15. The van der Waals surface area contributed by atoms with E-state index in [1.165, 1.54) is 0 Å². The Hall–Kier alpha value is -1.69. The number of carbonyl (C=O) groups is 1. The second-order valence-corrected chi connectivity index (χ2v) is 4.14. The van der Waals surface area contributed by atoms with Crippen LogP contribution in [0.1, 0.15) is 12.6 Å². The Morgan fingerprint density at radius 1 is 1.61 bits per heavy atom. The molecule has 1 amide bonds. The third kappa shape index (κ3) is 2.76. The van der Waals surface area contributed by atoms with Crippen LogP contribution in [-0.4, -0.2) is 48.7 Å². The van der Waals surface area contributed by atoms with Gasteiger partial charge in [0.05, 0.1) is 13.2 Å². The third-order valence-electron chi connectivity index (χ3n) is 3.00. The first-order chi connectivity index (χ1) is 8.74. The van der Waals surface area contributed by atoms with E-state index < -0.39 is 6.10 Å². The van der Waals surface area contributed by atoms with Crippen molar-refractivity contribution < 1.29 is 9.53 Å². The van der Waals surface area contributed by atoms with Gasteiger partial charge in [-0.2, -0.15) is 0 Å². The lowest BCUT2D eigenvalue weighted by Gasteiger charge is -2.32. The van der Waals surface area contributed by atoms with E-state index in [4.69, 9.17) is 4.74 Å². The van der Waals surface area contributed by atoms with Gasteiger partial charge in [0.25, 0.3) is 5.91 Å². The highest BCUT2D eigenvalue weighted by Gasteiger charge is 2.26. The number of aromatic nitrogens is 2. The first kappa shape index (κ1) is 12.8. The Morgan fingerprint density at radius 2 is 2.44 bits per heavy atom. The van der Waals surface area contributed by atoms with Crippen LogP contribution in [0.4, 0.5) is 5.82 Å². The number of morpholine rings is 1. The Balaban J connectivity index is 2.10. The monoisotopic (exact) mass is 250 g/mol. The van der Waals surface area contributed by atoms with Crippen molar-refractivity contribution in [2.75, 3.05) is 31.6 Å². The van der Waals surface area contributed by atoms with E-state index in [1.54, 1.807) is 13.4 Å². The topological polar surface area (TPSA) is 67.3 Å². The lowest BCUT2D eigenvalue weighted by molar-refractivity contribution is -0.132. The minimum Gasteiger partial charge on any atom is -0.365 e. The van der Waals surface area contributed by atoms with Crippen molar-refractivity contribution in [1.82, 2.24) is 15.3 Å². The van der Waals surface area contributed by atoms with Gasteiger partial charge < -0.3 is 15.0 Å². The molecular weight excluding hydrogens is 232 g/mol. The summed E-state index contributed by atoms with van der Waals surface area (Å²) in [6.45, 7) is 3.86. The van der Waals surface area contributed by atoms with E-state index in [-0.39, 0.29) is 5.91 Å². The molecule has 1 N–H and O–H groups in total. The number of anilines is 1. The zero-order valence-corrected chi connectivity index (χ0v) is 10.7. The van der Waals surface area contributed by atoms with Crippen molar-refractivity contribution >= 4 is 11.7 Å². The lowest BCUT2D eigenvalue weighted by Crippen LogP contribution is -2.49. The van der Waals surface area contributed by atoms with Crippen molar-refractivity contribution in [3.05, 3.63) is 18.1 Å². The highest BCUT2D eigenvalue weighted by molar-refractivity contribution is 5.81. The average molecular weight is 250 g/mol. The predicted octanol–water partition coefficient (Wildman–Crippen LogP) is -0.00980. The number of hydrogen-bond acceptors (Lipinski definition) is 5. The van der Waals surface area contributed by atoms with Crippen LogP contribution in [-0.2, 0) is 16.0 Å². The largest absolute Gasteiger partial charge is 0.365 e. The molecular formula is C12H18N4O2. The molecule has 2 heterocycles. The van der Waals surface area contributed by atoms with Crippen molar-refractivity contribution in [3.8, 4) is 0 Å². The van der Waals surface area contributed by atoms with Crippen molar-refractivity contribution in [1.29, 1.82) is 0 Å². The van der Waals surface area contributed by atoms with Crippen LogP contribution in [0, 0.1) is 0 Å². The molecule has 0 radical (unpaired) electrons. The average Bonchev–Trinajstić information content (AvgIpc) is 2.46. The van der Waals surface area contributed by atoms with E-state index in [0.29, 0.717) is 13.2 Å². The van der Waals surface area contributed by atoms with Crippen LogP contribution in [0.5, 0.6) is 0 Å². The van der Waals surface area contributed by atoms with Gasteiger partial charge in [-0.3, -0.25) is 4.79 Å². The molecule has 1 atom stereocenters. The summed E-state index contributed by atoms with van der Waals surface area (Å²) >= 11 is 0. The summed E-state index contributed by atoms with van der Waals surface area (Å²) in [7, 11) is 1.62. The Kier molecular flexibility index (Phi) is 4.09. The molecule has 18 heavy (non-hydrogen) atoms. The maximum Gasteiger partial charge on any atom is 0.250 e. The van der Waals surface area contributed by atoms with E-state index in [9.17, 15) is 4.79 Å². The number of carbonyl (C=O) groups excluding carboxylic acids is 1. The fraction of sp³-hybridized carbons (Fsp3) is 0.583. The maximum absolute atomic E-state index is 11.6. The number of ether oxygens (including phenoxy) is 1. The van der Waals surface area contributed by atoms with Crippen LogP contribution in [0.3, 0.4) is 0 Å². The standard InChI is InChI=1S/C12H18N4O2/c1-3-9-6-11(15-8-14-9)16-4-5-18-10(7-16)12(17)13-2/h6,8,10H,3-5,7H2,1-2H3,(H,13,17). The maximum atomic E-state index is 11.6. The molecule has 0 bridgehead atoms. The zero-order chi connectivity index (χ0) is 13.0. The highest BCUT2D eigenvalue weighted by atomic mass is 16.5. The van der Waals surface area contributed by atoms with E-state index in [0.717, 1.165) is 24.5 Å². The van der Waals surface area contributed by atoms with Gasteiger partial charge in [0.1, 0.15) is 12.1 Å². The number of hydrogen-bond donors (Lipinski definition) is 1. The van der Waals surface area contributed by atoms with Crippen molar-refractivity contribution in [3.63, 3.8) is 0 Å². The number of aryl methyl sites for hydroxylation is 1. The molecule has 0 aromatic carbocycles. The van der Waals surface area contributed by atoms with Crippen LogP contribution in [0.25, 0.3) is 0 Å². The van der Waals surface area contributed by atoms with Crippen LogP contribution in [0.15, 0.2) is 12.4 Å². The molecule has 1 unspecified atom stereocenters. The summed E-state index contributed by atoms with van der Waals surface area (Å²) in [6, 6.07) is 1.96. The van der Waals surface area contributed by atoms with Gasteiger partial charge in [-0.25, -0.2) is 9.97 Å². The van der Waals surface area contributed by atoms with Crippen LogP contribution >= 0.6 is 0 Å². The number of nitrogens with one attached hydrogen (secondary N) is 1. The minimum absolute atomic E-state index is 0.0931. The van der Waals surface area contributed by atoms with Gasteiger partial charge in [0.15, 0.2) is 6.10 Å². The molecule has 1 fully saturated rings. The predicted molar refractivity (Wildman–Crippen MR) is 67.4 cm³/mol. The number of likely N-dealkylation sites (N-methyl/N-ethyl adjacent to an activating group) is 1. The van der Waals surface area contributed by atoms with Gasteiger partial charge in [-0.1, -0.05) is 6.92 Å². The number of rotatable bonds is 3. The molecule has 1 aliphatic heterocycles. The Labute approximate surface area is 106 Å². The van der Waals surface area contributed by atoms with Crippen molar-refractivity contribution in [2.45, 2.75) is 19.4 Å². The first-order valence-electron chi connectivity index (χ1n) is 6.13. The molecule has 1 aromatic rings. The molecule has 1 aromatic heterocycles. The summed E-state index contributed by atoms with van der Waals surface area (Å²) in [5.74, 6) is 0.767. The van der Waals surface area contributed by atoms with Crippen LogP contribution in [0.2, 0.25) is 0 Å². The summed E-state index contributed by atoms with van der Waals surface area (Å²) in [5.41, 5.74) is 1.00. The number of nitrogens with zero attached hydrogens (tertiary/aromatic N) is 3. The number of amides is 1. The summed E-state index contributed by atoms with van der Waals surface area (Å²) in [4.78, 5) is 22.1. The normalized spacial score (nSPS) is 19.7. The quantitative estimate of drug-likeness (QED) is 0.817. The zero-order valence-electron chi connectivity index (χ0n) is 10.7. The van der Waals surface area contributed by atoms with Gasteiger partial charge >= 0.3 is 0 Å². The molecule has 0 aliphatic carbocycles. The Morgan fingerprint density at radius 3 is 3.17 bits per heavy atom.